The van der Waals surface area contributed by atoms with Gasteiger partial charge in [0, 0.05) is 42.4 Å². The van der Waals surface area contributed by atoms with Crippen molar-refractivity contribution in [2.45, 2.75) is 129 Å². The first-order chi connectivity index (χ1) is 21.6. The molecule has 2 aliphatic heterocycles. The van der Waals surface area contributed by atoms with Gasteiger partial charge in [-0.05, 0) is 111 Å². The van der Waals surface area contributed by atoms with Crippen LogP contribution in [0.1, 0.15) is 121 Å². The third-order valence-electron chi connectivity index (χ3n) is 8.51. The van der Waals surface area contributed by atoms with Gasteiger partial charge in [-0.3, -0.25) is 19.7 Å². The highest BCUT2D eigenvalue weighted by Gasteiger charge is 2.45. The fraction of sp³-hybridized carbons (Fsp3) is 0.676. The Morgan fingerprint density at radius 2 is 1.59 bits per heavy atom. The number of hydrogen-bond donors (Lipinski definition) is 4. The summed E-state index contributed by atoms with van der Waals surface area (Å²) in [5.74, 6) is -0.583. The standard InChI is InChI=1S/C34H51N5O7/c1-33(2,3)45-31(43)35-19-8-7-12-25-28-23(30(42)39(25)26-17-18-27(40)38-29(26)41)10-9-11-24(28)36-20-21-13-15-22(16-14-21)37-32(44)46-34(4,5)6/h9-11,21-22,25-26,36H,7-8,12-20H2,1-6H3,(H,35,43)(H,37,44)(H,38,40,41)/t21?,22?,25-,26-/m1/s1. The second-order valence-electron chi connectivity index (χ2n) is 14.6. The van der Waals surface area contributed by atoms with Crippen molar-refractivity contribution in [3.05, 3.63) is 29.3 Å². The molecular formula is C34H51N5O7. The van der Waals surface area contributed by atoms with E-state index in [-0.39, 0.29) is 42.8 Å². The van der Waals surface area contributed by atoms with Crippen molar-refractivity contribution in [2.75, 3.05) is 18.4 Å². The molecule has 3 aliphatic rings. The zero-order valence-corrected chi connectivity index (χ0v) is 28.1. The normalized spacial score (nSPS) is 23.3. The average molecular weight is 642 g/mol. The Bertz CT molecular complexity index is 1290. The van der Waals surface area contributed by atoms with E-state index in [1.54, 1.807) is 11.0 Å². The van der Waals surface area contributed by atoms with Crippen molar-refractivity contribution < 1.29 is 33.4 Å². The monoisotopic (exact) mass is 641 g/mol. The van der Waals surface area contributed by atoms with E-state index in [1.165, 1.54) is 0 Å². The van der Waals surface area contributed by atoms with E-state index in [1.807, 2.05) is 53.7 Å². The van der Waals surface area contributed by atoms with Crippen LogP contribution in [0.2, 0.25) is 0 Å². The van der Waals surface area contributed by atoms with Crippen LogP contribution in [-0.4, -0.2) is 71.2 Å². The lowest BCUT2D eigenvalue weighted by atomic mass is 9.86. The number of nitrogens with one attached hydrogen (secondary N) is 4. The first kappa shape index (κ1) is 35.0. The molecule has 2 fully saturated rings. The van der Waals surface area contributed by atoms with Gasteiger partial charge in [0.2, 0.25) is 11.8 Å². The van der Waals surface area contributed by atoms with Crippen LogP contribution in [-0.2, 0) is 19.1 Å². The number of carbonyl (C=O) groups is 5. The van der Waals surface area contributed by atoms with Gasteiger partial charge >= 0.3 is 12.2 Å². The van der Waals surface area contributed by atoms with E-state index in [4.69, 9.17) is 9.47 Å². The number of hydrogen-bond acceptors (Lipinski definition) is 8. The lowest BCUT2D eigenvalue weighted by Crippen LogP contribution is -2.53. The molecule has 12 nitrogen and oxygen atoms in total. The van der Waals surface area contributed by atoms with Crippen molar-refractivity contribution in [3.63, 3.8) is 0 Å². The molecule has 0 spiro atoms. The molecule has 12 heteroatoms. The van der Waals surface area contributed by atoms with Crippen LogP contribution in [0.4, 0.5) is 15.3 Å². The van der Waals surface area contributed by atoms with Crippen molar-refractivity contribution in [2.24, 2.45) is 5.92 Å². The topological polar surface area (TPSA) is 155 Å². The summed E-state index contributed by atoms with van der Waals surface area (Å²) >= 11 is 0. The summed E-state index contributed by atoms with van der Waals surface area (Å²) in [4.78, 5) is 64.6. The Hall–Kier alpha value is -3.83. The molecule has 0 bridgehead atoms. The molecule has 5 amide bonds. The van der Waals surface area contributed by atoms with Crippen LogP contribution in [0.5, 0.6) is 0 Å². The molecule has 1 saturated heterocycles. The van der Waals surface area contributed by atoms with Crippen LogP contribution >= 0.6 is 0 Å². The SMILES string of the molecule is CC(C)(C)OC(=O)NCCCC[C@@H]1c2c(NCC3CCC(NC(=O)OC(C)(C)C)CC3)cccc2C(=O)N1[C@@H]1CCC(=O)NC1=O. The largest absolute Gasteiger partial charge is 0.444 e. The Morgan fingerprint density at radius 3 is 2.24 bits per heavy atom. The number of ether oxygens (including phenoxy) is 2. The number of amides is 5. The van der Waals surface area contributed by atoms with Crippen molar-refractivity contribution in [3.8, 4) is 0 Å². The number of nitrogens with zero attached hydrogens (tertiary/aromatic N) is 1. The van der Waals surface area contributed by atoms with Gasteiger partial charge in [-0.25, -0.2) is 9.59 Å². The summed E-state index contributed by atoms with van der Waals surface area (Å²) in [6, 6.07) is 4.64. The van der Waals surface area contributed by atoms with Crippen LogP contribution in [0.3, 0.4) is 0 Å². The number of benzene rings is 1. The van der Waals surface area contributed by atoms with Crippen molar-refractivity contribution in [1.82, 2.24) is 20.9 Å². The molecule has 2 heterocycles. The first-order valence-electron chi connectivity index (χ1n) is 16.6. The summed E-state index contributed by atoms with van der Waals surface area (Å²) < 4.78 is 10.7. The third kappa shape index (κ3) is 9.59. The van der Waals surface area contributed by atoms with E-state index in [0.29, 0.717) is 37.3 Å². The number of imide groups is 1. The van der Waals surface area contributed by atoms with Gasteiger partial charge in [-0.1, -0.05) is 6.07 Å². The van der Waals surface area contributed by atoms with Gasteiger partial charge in [0.05, 0.1) is 6.04 Å². The molecule has 4 rings (SSSR count). The quantitative estimate of drug-likeness (QED) is 0.201. The highest BCUT2D eigenvalue weighted by molar-refractivity contribution is 6.06. The fourth-order valence-corrected chi connectivity index (χ4v) is 6.48. The smallest absolute Gasteiger partial charge is 0.407 e. The first-order valence-corrected chi connectivity index (χ1v) is 16.6. The second-order valence-corrected chi connectivity index (χ2v) is 14.6. The minimum atomic E-state index is -0.733. The highest BCUT2D eigenvalue weighted by atomic mass is 16.6. The minimum Gasteiger partial charge on any atom is -0.444 e. The predicted octanol–water partition coefficient (Wildman–Crippen LogP) is 5.18. The van der Waals surface area contributed by atoms with Crippen LogP contribution in [0, 0.1) is 5.92 Å². The van der Waals surface area contributed by atoms with Crippen molar-refractivity contribution in [1.29, 1.82) is 0 Å². The fourth-order valence-electron chi connectivity index (χ4n) is 6.48. The van der Waals surface area contributed by atoms with Crippen LogP contribution in [0.25, 0.3) is 0 Å². The Kier molecular flexibility index (Phi) is 11.2. The Morgan fingerprint density at radius 1 is 0.913 bits per heavy atom. The summed E-state index contributed by atoms with van der Waals surface area (Å²) in [6.07, 6.45) is 5.16. The number of carbonyl (C=O) groups excluding carboxylic acids is 5. The number of piperidine rings is 1. The predicted molar refractivity (Wildman–Crippen MR) is 173 cm³/mol. The zero-order valence-electron chi connectivity index (χ0n) is 28.1. The number of anilines is 1. The lowest BCUT2D eigenvalue weighted by molar-refractivity contribution is -0.137. The maximum Gasteiger partial charge on any atom is 0.407 e. The number of rotatable bonds is 10. The third-order valence-corrected chi connectivity index (χ3v) is 8.51. The highest BCUT2D eigenvalue weighted by Crippen LogP contribution is 2.43. The molecule has 4 N–H and O–H groups in total. The Balaban J connectivity index is 1.41. The molecule has 1 aromatic rings. The van der Waals surface area contributed by atoms with Gasteiger partial charge in [0.25, 0.3) is 5.91 Å². The zero-order chi connectivity index (χ0) is 33.6. The van der Waals surface area contributed by atoms with E-state index < -0.39 is 29.2 Å². The molecule has 1 aliphatic carbocycles. The molecule has 46 heavy (non-hydrogen) atoms. The van der Waals surface area contributed by atoms with Crippen LogP contribution < -0.4 is 21.3 Å². The molecule has 1 aromatic carbocycles. The number of unbranched alkanes of at least 4 members (excludes halogenated alkanes) is 1. The molecule has 2 atom stereocenters. The molecule has 0 radical (unpaired) electrons. The average Bonchev–Trinajstić information content (AvgIpc) is 3.22. The van der Waals surface area contributed by atoms with Gasteiger partial charge in [0.1, 0.15) is 17.2 Å². The minimum absolute atomic E-state index is 0.0842. The number of fused-ring (bicyclic) bond motifs is 1. The summed E-state index contributed by atoms with van der Waals surface area (Å²) in [5.41, 5.74) is 1.19. The molecule has 1 saturated carbocycles. The summed E-state index contributed by atoms with van der Waals surface area (Å²) in [6.45, 7) is 12.1. The molecule has 0 aromatic heterocycles. The molecular weight excluding hydrogens is 590 g/mol. The van der Waals surface area contributed by atoms with Crippen LogP contribution in [0.15, 0.2) is 18.2 Å². The van der Waals surface area contributed by atoms with E-state index in [2.05, 4.69) is 21.3 Å². The Labute approximate surface area is 272 Å². The van der Waals surface area contributed by atoms with E-state index in [0.717, 1.165) is 43.5 Å². The summed E-state index contributed by atoms with van der Waals surface area (Å²) in [7, 11) is 0. The maximum absolute atomic E-state index is 13.8. The lowest BCUT2D eigenvalue weighted by Gasteiger charge is -2.35. The maximum atomic E-state index is 13.8. The van der Waals surface area contributed by atoms with E-state index >= 15 is 0 Å². The molecule has 0 unspecified atom stereocenters. The van der Waals surface area contributed by atoms with Gasteiger partial charge < -0.3 is 30.3 Å². The van der Waals surface area contributed by atoms with Gasteiger partial charge in [-0.15, -0.1) is 0 Å². The van der Waals surface area contributed by atoms with Gasteiger partial charge in [0.15, 0.2) is 0 Å². The van der Waals surface area contributed by atoms with Gasteiger partial charge in [-0.2, -0.15) is 0 Å². The van der Waals surface area contributed by atoms with Crippen molar-refractivity contribution >= 4 is 35.6 Å². The molecule has 254 valence electrons. The number of alkyl carbamates (subject to hydrolysis) is 2. The summed E-state index contributed by atoms with van der Waals surface area (Å²) in [5, 5.41) is 11.8. The second kappa shape index (κ2) is 14.7. The van der Waals surface area contributed by atoms with E-state index in [9.17, 15) is 24.0 Å².